The molecule has 1 aliphatic rings. The lowest BCUT2D eigenvalue weighted by molar-refractivity contribution is -0.0220. The Balaban J connectivity index is 2.20. The molecule has 0 N–H and O–H groups in total. The van der Waals surface area contributed by atoms with Gasteiger partial charge < -0.3 is 9.64 Å². The van der Waals surface area contributed by atoms with Crippen molar-refractivity contribution in [3.8, 4) is 0 Å². The summed E-state index contributed by atoms with van der Waals surface area (Å²) in [5, 5.41) is 0. The second-order valence-electron chi connectivity index (χ2n) is 4.50. The lowest BCUT2D eigenvalue weighted by Crippen LogP contribution is -2.39. The van der Waals surface area contributed by atoms with Crippen LogP contribution in [-0.4, -0.2) is 32.1 Å². The lowest BCUT2D eigenvalue weighted by Gasteiger charge is -2.33. The van der Waals surface area contributed by atoms with Crippen LogP contribution in [0.2, 0.25) is 0 Å². The molecule has 1 aliphatic heterocycles. The van der Waals surface area contributed by atoms with Gasteiger partial charge in [-0.3, -0.25) is 0 Å². The third-order valence-corrected chi connectivity index (χ3v) is 3.22. The normalized spacial score (nSPS) is 18.2. The molecule has 1 heterocycles. The zero-order valence-electron chi connectivity index (χ0n) is 10.5. The van der Waals surface area contributed by atoms with E-state index in [1.807, 2.05) is 0 Å². The number of piperidine rings is 1. The Morgan fingerprint density at radius 2 is 1.95 bits per heavy atom. The van der Waals surface area contributed by atoms with E-state index in [1.165, 1.54) is 12.1 Å². The maximum Gasteiger partial charge on any atom is 0.340 e. The van der Waals surface area contributed by atoms with Gasteiger partial charge in [-0.25, -0.2) is 18.0 Å². The summed E-state index contributed by atoms with van der Waals surface area (Å²) in [6.07, 6.45) is -0.476. The first-order chi connectivity index (χ1) is 8.93. The van der Waals surface area contributed by atoms with Gasteiger partial charge in [0, 0.05) is 31.6 Å². The van der Waals surface area contributed by atoms with Crippen LogP contribution in [0.15, 0.2) is 18.2 Å². The van der Waals surface area contributed by atoms with Gasteiger partial charge in [0.2, 0.25) is 0 Å². The van der Waals surface area contributed by atoms with Crippen LogP contribution in [0.4, 0.5) is 18.9 Å². The van der Waals surface area contributed by atoms with Crippen LogP contribution in [0.3, 0.4) is 0 Å². The first-order valence-electron chi connectivity index (χ1n) is 5.93. The summed E-state index contributed by atoms with van der Waals surface area (Å²) < 4.78 is 44.1. The zero-order valence-corrected chi connectivity index (χ0v) is 10.5. The molecular weight excluding hydrogens is 259 g/mol. The highest BCUT2D eigenvalue weighted by Crippen LogP contribution is 2.31. The second-order valence-corrected chi connectivity index (χ2v) is 4.50. The van der Waals surface area contributed by atoms with Crippen LogP contribution in [0, 0.1) is 5.82 Å². The van der Waals surface area contributed by atoms with Crippen LogP contribution in [0.25, 0.3) is 0 Å². The van der Waals surface area contributed by atoms with E-state index in [0.29, 0.717) is 5.69 Å². The minimum absolute atomic E-state index is 0.180. The van der Waals surface area contributed by atoms with Gasteiger partial charge in [0.1, 0.15) is 5.82 Å². The van der Waals surface area contributed by atoms with Crippen molar-refractivity contribution in [3.05, 3.63) is 29.6 Å². The van der Waals surface area contributed by atoms with Crippen molar-refractivity contribution in [3.63, 3.8) is 0 Å². The number of nitrogens with zero attached hydrogens (tertiary/aromatic N) is 1. The van der Waals surface area contributed by atoms with Crippen LogP contribution >= 0.6 is 0 Å². The molecule has 3 nitrogen and oxygen atoms in total. The molecule has 6 heteroatoms. The number of halogens is 3. The molecule has 0 saturated carbocycles. The van der Waals surface area contributed by atoms with Crippen LogP contribution < -0.4 is 4.90 Å². The molecule has 0 spiro atoms. The topological polar surface area (TPSA) is 29.5 Å². The molecular formula is C13H14F3NO2. The monoisotopic (exact) mass is 273 g/mol. The number of hydrogen-bond acceptors (Lipinski definition) is 3. The number of rotatable bonds is 2. The average molecular weight is 273 g/mol. The standard InChI is InChI=1S/C13H14F3NO2/c1-19-12(18)10-8-9(2-3-11(10)14)17-6-4-13(15,16)5-7-17/h2-3,8H,4-7H2,1H3. The minimum atomic E-state index is -2.64. The highest BCUT2D eigenvalue weighted by atomic mass is 19.3. The predicted molar refractivity (Wildman–Crippen MR) is 64.1 cm³/mol. The van der Waals surface area contributed by atoms with E-state index in [4.69, 9.17) is 0 Å². The molecule has 0 aromatic heterocycles. The highest BCUT2D eigenvalue weighted by molar-refractivity contribution is 5.90. The summed E-state index contributed by atoms with van der Waals surface area (Å²) in [5.74, 6) is -4.10. The summed E-state index contributed by atoms with van der Waals surface area (Å²) in [6, 6.07) is 3.96. The van der Waals surface area contributed by atoms with Gasteiger partial charge >= 0.3 is 5.97 Å². The van der Waals surface area contributed by atoms with Gasteiger partial charge in [-0.1, -0.05) is 0 Å². The molecule has 1 aromatic rings. The van der Waals surface area contributed by atoms with Crippen molar-refractivity contribution in [2.45, 2.75) is 18.8 Å². The van der Waals surface area contributed by atoms with Crippen molar-refractivity contribution in [2.24, 2.45) is 0 Å². The molecule has 0 bridgehead atoms. The fourth-order valence-corrected chi connectivity index (χ4v) is 2.07. The van der Waals surface area contributed by atoms with Crippen molar-refractivity contribution in [2.75, 3.05) is 25.1 Å². The number of esters is 1. The Hall–Kier alpha value is -1.72. The van der Waals surface area contributed by atoms with Crippen molar-refractivity contribution >= 4 is 11.7 Å². The number of ether oxygens (including phenoxy) is 1. The Morgan fingerprint density at radius 1 is 1.32 bits per heavy atom. The summed E-state index contributed by atoms with van der Waals surface area (Å²) in [6.45, 7) is 0.360. The van der Waals surface area contributed by atoms with Crippen LogP contribution in [-0.2, 0) is 4.74 Å². The molecule has 0 aliphatic carbocycles. The molecule has 0 amide bonds. The van der Waals surface area contributed by atoms with E-state index < -0.39 is 17.7 Å². The Labute approximate surface area is 109 Å². The van der Waals surface area contributed by atoms with Gasteiger partial charge in [-0.15, -0.1) is 0 Å². The maximum atomic E-state index is 13.5. The van der Waals surface area contributed by atoms with Gasteiger partial charge in [0.25, 0.3) is 5.92 Å². The largest absolute Gasteiger partial charge is 0.465 e. The number of carbonyl (C=O) groups is 1. The lowest BCUT2D eigenvalue weighted by atomic mass is 10.1. The zero-order chi connectivity index (χ0) is 14.0. The smallest absolute Gasteiger partial charge is 0.340 e. The van der Waals surface area contributed by atoms with E-state index in [2.05, 4.69) is 4.74 Å². The molecule has 104 valence electrons. The Morgan fingerprint density at radius 3 is 2.53 bits per heavy atom. The van der Waals surface area contributed by atoms with Crippen molar-refractivity contribution in [1.82, 2.24) is 0 Å². The average Bonchev–Trinajstić information content (AvgIpc) is 2.39. The molecule has 2 rings (SSSR count). The van der Waals surface area contributed by atoms with Crippen LogP contribution in [0.5, 0.6) is 0 Å². The summed E-state index contributed by atoms with van der Waals surface area (Å²) in [5.41, 5.74) is 0.370. The number of benzene rings is 1. The second kappa shape index (κ2) is 5.11. The number of methoxy groups -OCH3 is 1. The van der Waals surface area contributed by atoms with E-state index in [-0.39, 0.29) is 31.5 Å². The number of carbonyl (C=O) groups excluding carboxylic acids is 1. The van der Waals surface area contributed by atoms with E-state index in [9.17, 15) is 18.0 Å². The molecule has 1 saturated heterocycles. The summed E-state index contributed by atoms with van der Waals surface area (Å²) >= 11 is 0. The fraction of sp³-hybridized carbons (Fsp3) is 0.462. The molecule has 19 heavy (non-hydrogen) atoms. The SMILES string of the molecule is COC(=O)c1cc(N2CCC(F)(F)CC2)ccc1F. The van der Waals surface area contributed by atoms with Gasteiger partial charge in [-0.05, 0) is 18.2 Å². The first-order valence-corrected chi connectivity index (χ1v) is 5.93. The predicted octanol–water partition coefficient (Wildman–Crippen LogP) is 2.85. The molecule has 0 unspecified atom stereocenters. The minimum Gasteiger partial charge on any atom is -0.465 e. The van der Waals surface area contributed by atoms with E-state index in [0.717, 1.165) is 13.2 Å². The number of alkyl halides is 2. The maximum absolute atomic E-state index is 13.5. The Kier molecular flexibility index (Phi) is 3.68. The third-order valence-electron chi connectivity index (χ3n) is 3.22. The Bertz CT molecular complexity index is 481. The fourth-order valence-electron chi connectivity index (χ4n) is 2.07. The van der Waals surface area contributed by atoms with Gasteiger partial charge in [-0.2, -0.15) is 0 Å². The molecule has 0 radical (unpaired) electrons. The van der Waals surface area contributed by atoms with Gasteiger partial charge in [0.05, 0.1) is 12.7 Å². The molecule has 1 fully saturated rings. The van der Waals surface area contributed by atoms with Crippen molar-refractivity contribution < 1.29 is 22.7 Å². The van der Waals surface area contributed by atoms with Crippen LogP contribution in [0.1, 0.15) is 23.2 Å². The van der Waals surface area contributed by atoms with E-state index >= 15 is 0 Å². The number of anilines is 1. The van der Waals surface area contributed by atoms with Gasteiger partial charge in [0.15, 0.2) is 0 Å². The van der Waals surface area contributed by atoms with E-state index in [1.54, 1.807) is 4.90 Å². The third kappa shape index (κ3) is 3.00. The first kappa shape index (κ1) is 13.7. The quantitative estimate of drug-likeness (QED) is 0.776. The molecule has 0 atom stereocenters. The highest BCUT2D eigenvalue weighted by Gasteiger charge is 2.34. The summed E-state index contributed by atoms with van der Waals surface area (Å²) in [7, 11) is 1.16. The summed E-state index contributed by atoms with van der Waals surface area (Å²) in [4.78, 5) is 13.1. The molecule has 1 aromatic carbocycles. The number of hydrogen-bond donors (Lipinski definition) is 0. The van der Waals surface area contributed by atoms with Crippen molar-refractivity contribution in [1.29, 1.82) is 0 Å².